The highest BCUT2D eigenvalue weighted by Crippen LogP contribution is 2.25. The van der Waals surface area contributed by atoms with E-state index in [9.17, 15) is 0 Å². The third kappa shape index (κ3) is 4.08. The van der Waals surface area contributed by atoms with Gasteiger partial charge in [0.2, 0.25) is 5.89 Å². The third-order valence-electron chi connectivity index (χ3n) is 4.06. The maximum atomic E-state index is 8.78. The number of aromatic nitrogens is 2. The van der Waals surface area contributed by atoms with Crippen LogP contribution < -0.4 is 4.74 Å². The molecule has 0 N–H and O–H groups in total. The fraction of sp³-hybridized carbons (Fsp3) is 0.471. The minimum atomic E-state index is 0.319. The molecule has 1 aromatic carbocycles. The molecule has 0 radical (unpaired) electrons. The van der Waals surface area contributed by atoms with Crippen LogP contribution in [0.1, 0.15) is 36.0 Å². The summed E-state index contributed by atoms with van der Waals surface area (Å²) in [6.45, 7) is 5.34. The van der Waals surface area contributed by atoms with Gasteiger partial charge in [-0.15, -0.1) is 0 Å². The molecule has 2 aromatic rings. The average Bonchev–Trinajstić information content (AvgIpc) is 3.02. The molecule has 1 fully saturated rings. The van der Waals surface area contributed by atoms with Crippen molar-refractivity contribution in [3.8, 4) is 11.8 Å². The standard InChI is InChI=1S/C17H20N4O2/c1-13-19-17(23-20-13)15-3-2-8-21(12-15)9-10-22-16-6-4-14(11-18)5-7-16/h4-7,15H,2-3,8-10,12H2,1H3/t15-/m1/s1. The lowest BCUT2D eigenvalue weighted by Gasteiger charge is -2.30. The number of likely N-dealkylation sites (tertiary alicyclic amines) is 1. The maximum absolute atomic E-state index is 8.78. The highest BCUT2D eigenvalue weighted by molar-refractivity contribution is 5.34. The van der Waals surface area contributed by atoms with E-state index in [0.29, 0.717) is 23.9 Å². The molecule has 1 saturated heterocycles. The topological polar surface area (TPSA) is 75.2 Å². The van der Waals surface area contributed by atoms with Gasteiger partial charge in [0.15, 0.2) is 5.82 Å². The number of ether oxygens (including phenoxy) is 1. The Bertz CT molecular complexity index is 675. The van der Waals surface area contributed by atoms with Crippen LogP contribution in [-0.4, -0.2) is 41.3 Å². The minimum absolute atomic E-state index is 0.319. The zero-order chi connectivity index (χ0) is 16.1. The molecular formula is C17H20N4O2. The van der Waals surface area contributed by atoms with E-state index >= 15 is 0 Å². The molecule has 1 atom stereocenters. The van der Waals surface area contributed by atoms with Crippen LogP contribution in [0, 0.1) is 18.3 Å². The summed E-state index contributed by atoms with van der Waals surface area (Å²) in [5.74, 6) is 2.56. The smallest absolute Gasteiger partial charge is 0.231 e. The first-order valence-corrected chi connectivity index (χ1v) is 7.90. The number of hydrogen-bond acceptors (Lipinski definition) is 6. The van der Waals surface area contributed by atoms with Crippen molar-refractivity contribution >= 4 is 0 Å². The van der Waals surface area contributed by atoms with Crippen LogP contribution in [0.5, 0.6) is 5.75 Å². The van der Waals surface area contributed by atoms with Gasteiger partial charge in [-0.2, -0.15) is 10.2 Å². The van der Waals surface area contributed by atoms with Gasteiger partial charge in [0.25, 0.3) is 0 Å². The fourth-order valence-electron chi connectivity index (χ4n) is 2.86. The Balaban J connectivity index is 1.47. The van der Waals surface area contributed by atoms with Crippen LogP contribution in [0.3, 0.4) is 0 Å². The van der Waals surface area contributed by atoms with Gasteiger partial charge in [-0.1, -0.05) is 5.16 Å². The molecular weight excluding hydrogens is 292 g/mol. The van der Waals surface area contributed by atoms with Crippen LogP contribution in [0.25, 0.3) is 0 Å². The second-order valence-corrected chi connectivity index (χ2v) is 5.80. The Morgan fingerprint density at radius 3 is 2.91 bits per heavy atom. The summed E-state index contributed by atoms with van der Waals surface area (Å²) >= 11 is 0. The molecule has 0 unspecified atom stereocenters. The zero-order valence-corrected chi connectivity index (χ0v) is 13.2. The lowest BCUT2D eigenvalue weighted by molar-refractivity contribution is 0.157. The molecule has 0 saturated carbocycles. The van der Waals surface area contributed by atoms with Crippen LogP contribution in [0.4, 0.5) is 0 Å². The van der Waals surface area contributed by atoms with Crippen molar-refractivity contribution in [2.24, 2.45) is 0 Å². The van der Waals surface area contributed by atoms with Gasteiger partial charge in [-0.05, 0) is 50.6 Å². The number of rotatable bonds is 5. The van der Waals surface area contributed by atoms with E-state index in [-0.39, 0.29) is 0 Å². The highest BCUT2D eigenvalue weighted by atomic mass is 16.5. The summed E-state index contributed by atoms with van der Waals surface area (Å²) in [6.07, 6.45) is 2.22. The molecule has 3 rings (SSSR count). The van der Waals surface area contributed by atoms with E-state index < -0.39 is 0 Å². The molecule has 6 heteroatoms. The second-order valence-electron chi connectivity index (χ2n) is 5.80. The Morgan fingerprint density at radius 1 is 1.39 bits per heavy atom. The van der Waals surface area contributed by atoms with Gasteiger partial charge in [-0.25, -0.2) is 0 Å². The SMILES string of the molecule is Cc1noc([C@@H]2CCCN(CCOc3ccc(C#N)cc3)C2)n1. The van der Waals surface area contributed by atoms with Crippen molar-refractivity contribution < 1.29 is 9.26 Å². The molecule has 2 heterocycles. The third-order valence-corrected chi connectivity index (χ3v) is 4.06. The van der Waals surface area contributed by atoms with E-state index in [0.717, 1.165) is 44.1 Å². The van der Waals surface area contributed by atoms with Crippen molar-refractivity contribution in [1.82, 2.24) is 15.0 Å². The number of nitriles is 1. The number of aryl methyl sites for hydroxylation is 1. The minimum Gasteiger partial charge on any atom is -0.492 e. The first-order chi connectivity index (χ1) is 11.2. The Labute approximate surface area is 135 Å². The predicted molar refractivity (Wildman–Crippen MR) is 84.1 cm³/mol. The van der Waals surface area contributed by atoms with Crippen molar-refractivity contribution in [2.45, 2.75) is 25.7 Å². The van der Waals surface area contributed by atoms with Crippen molar-refractivity contribution in [1.29, 1.82) is 5.26 Å². The molecule has 1 aliphatic rings. The summed E-state index contributed by atoms with van der Waals surface area (Å²) in [6, 6.07) is 9.30. The molecule has 0 aliphatic carbocycles. The average molecular weight is 312 g/mol. The van der Waals surface area contributed by atoms with Gasteiger partial charge in [0.05, 0.1) is 17.6 Å². The summed E-state index contributed by atoms with van der Waals surface area (Å²) < 4.78 is 11.1. The number of nitrogens with zero attached hydrogens (tertiary/aromatic N) is 4. The molecule has 1 aromatic heterocycles. The lowest BCUT2D eigenvalue weighted by Crippen LogP contribution is -2.37. The first-order valence-electron chi connectivity index (χ1n) is 7.90. The van der Waals surface area contributed by atoms with E-state index in [1.54, 1.807) is 12.1 Å². The number of benzene rings is 1. The van der Waals surface area contributed by atoms with Gasteiger partial charge >= 0.3 is 0 Å². The van der Waals surface area contributed by atoms with Crippen LogP contribution in [0.15, 0.2) is 28.8 Å². The maximum Gasteiger partial charge on any atom is 0.231 e. The second kappa shape index (κ2) is 7.25. The summed E-state index contributed by atoms with van der Waals surface area (Å²) in [5, 5.41) is 12.7. The Hall–Kier alpha value is -2.39. The molecule has 120 valence electrons. The lowest BCUT2D eigenvalue weighted by atomic mass is 9.98. The Kier molecular flexibility index (Phi) is 4.89. The Morgan fingerprint density at radius 2 is 2.22 bits per heavy atom. The van der Waals surface area contributed by atoms with Crippen molar-refractivity contribution in [3.05, 3.63) is 41.5 Å². The van der Waals surface area contributed by atoms with E-state index in [2.05, 4.69) is 21.1 Å². The molecule has 0 bridgehead atoms. The molecule has 0 spiro atoms. The summed E-state index contributed by atoms with van der Waals surface area (Å²) in [5.41, 5.74) is 0.645. The van der Waals surface area contributed by atoms with Crippen LogP contribution >= 0.6 is 0 Å². The van der Waals surface area contributed by atoms with Gasteiger partial charge in [0.1, 0.15) is 12.4 Å². The molecule has 23 heavy (non-hydrogen) atoms. The van der Waals surface area contributed by atoms with E-state index in [1.165, 1.54) is 0 Å². The van der Waals surface area contributed by atoms with Crippen LogP contribution in [0.2, 0.25) is 0 Å². The van der Waals surface area contributed by atoms with E-state index in [1.807, 2.05) is 19.1 Å². The van der Waals surface area contributed by atoms with Crippen LogP contribution in [-0.2, 0) is 0 Å². The summed E-state index contributed by atoms with van der Waals surface area (Å²) in [4.78, 5) is 6.72. The highest BCUT2D eigenvalue weighted by Gasteiger charge is 2.25. The van der Waals surface area contributed by atoms with Gasteiger partial charge in [-0.3, -0.25) is 4.90 Å². The van der Waals surface area contributed by atoms with E-state index in [4.69, 9.17) is 14.5 Å². The van der Waals surface area contributed by atoms with Crippen molar-refractivity contribution in [3.63, 3.8) is 0 Å². The van der Waals surface area contributed by atoms with Gasteiger partial charge < -0.3 is 9.26 Å². The molecule has 6 nitrogen and oxygen atoms in total. The quantitative estimate of drug-likeness (QED) is 0.844. The van der Waals surface area contributed by atoms with Crippen molar-refractivity contribution in [2.75, 3.05) is 26.2 Å². The van der Waals surface area contributed by atoms with Gasteiger partial charge in [0, 0.05) is 13.1 Å². The first kappa shape index (κ1) is 15.5. The monoisotopic (exact) mass is 312 g/mol. The summed E-state index contributed by atoms with van der Waals surface area (Å²) in [7, 11) is 0. The number of piperidine rings is 1. The normalized spacial score (nSPS) is 18.5. The molecule has 0 amide bonds. The zero-order valence-electron chi connectivity index (χ0n) is 13.2. The fourth-order valence-corrected chi connectivity index (χ4v) is 2.86. The predicted octanol–water partition coefficient (Wildman–Crippen LogP) is 2.51. The largest absolute Gasteiger partial charge is 0.492 e. The number of hydrogen-bond donors (Lipinski definition) is 0. The molecule has 1 aliphatic heterocycles.